The minimum atomic E-state index is -3.83. The summed E-state index contributed by atoms with van der Waals surface area (Å²) in [6.45, 7) is 3.94. The Labute approximate surface area is 159 Å². The number of aryl methyl sites for hydroxylation is 1. The molecule has 0 unspecified atom stereocenters. The lowest BCUT2D eigenvalue weighted by Crippen LogP contribution is -2.11. The summed E-state index contributed by atoms with van der Waals surface area (Å²) in [6, 6.07) is 12.1. The summed E-state index contributed by atoms with van der Waals surface area (Å²) < 4.78 is 35.1. The summed E-state index contributed by atoms with van der Waals surface area (Å²) in [7, 11) is -3.83. The third kappa shape index (κ3) is 4.34. The summed E-state index contributed by atoms with van der Waals surface area (Å²) in [5.74, 6) is 0.859. The molecular formula is C20H20ClNO3S. The van der Waals surface area contributed by atoms with Gasteiger partial charge >= 0.3 is 0 Å². The SMILES string of the molecule is CCCC1=Cc2cc(Cl)ccc2C/C(=N/S(=O)(=O)c2ccc(C)cc2)O1. The fourth-order valence-electron chi connectivity index (χ4n) is 2.73. The fourth-order valence-corrected chi connectivity index (χ4v) is 3.87. The Hall–Kier alpha value is -2.11. The summed E-state index contributed by atoms with van der Waals surface area (Å²) in [5, 5.41) is 0.628. The van der Waals surface area contributed by atoms with Gasteiger partial charge in [0.15, 0.2) is 0 Å². The molecule has 2 aromatic rings. The standard InChI is InChI=1S/C20H20ClNO3S/c1-3-4-18-12-16-11-17(21)8-7-15(16)13-20(25-18)22-26(23,24)19-9-5-14(2)6-10-19/h5-12H,3-4,13H2,1-2H3/b22-20-. The van der Waals surface area contributed by atoms with Crippen molar-refractivity contribution in [2.45, 2.75) is 38.0 Å². The zero-order chi connectivity index (χ0) is 18.7. The zero-order valence-corrected chi connectivity index (χ0v) is 16.3. The molecule has 1 aliphatic heterocycles. The molecule has 0 aliphatic carbocycles. The largest absolute Gasteiger partial charge is 0.446 e. The van der Waals surface area contributed by atoms with Crippen molar-refractivity contribution < 1.29 is 13.2 Å². The highest BCUT2D eigenvalue weighted by Crippen LogP contribution is 2.26. The van der Waals surface area contributed by atoms with Crippen molar-refractivity contribution in [2.24, 2.45) is 4.40 Å². The molecule has 0 bridgehead atoms. The molecule has 6 heteroatoms. The molecule has 26 heavy (non-hydrogen) atoms. The summed E-state index contributed by atoms with van der Waals surface area (Å²) in [6.07, 6.45) is 3.77. The maximum atomic E-state index is 12.6. The first-order chi connectivity index (χ1) is 12.4. The second-order valence-corrected chi connectivity index (χ2v) is 8.30. The topological polar surface area (TPSA) is 55.7 Å². The van der Waals surface area contributed by atoms with E-state index in [1.54, 1.807) is 30.3 Å². The van der Waals surface area contributed by atoms with Crippen LogP contribution in [0.5, 0.6) is 0 Å². The molecule has 3 rings (SSSR count). The predicted octanol–water partition coefficient (Wildman–Crippen LogP) is 5.15. The van der Waals surface area contributed by atoms with Crippen LogP contribution in [0.25, 0.3) is 6.08 Å². The molecule has 2 aromatic carbocycles. The maximum absolute atomic E-state index is 12.6. The number of ether oxygens (including phenoxy) is 1. The quantitative estimate of drug-likeness (QED) is 0.726. The Bertz CT molecular complexity index is 977. The van der Waals surface area contributed by atoms with Crippen molar-refractivity contribution in [1.29, 1.82) is 0 Å². The van der Waals surface area contributed by atoms with Gasteiger partial charge in [-0.1, -0.05) is 42.3 Å². The monoisotopic (exact) mass is 389 g/mol. The van der Waals surface area contributed by atoms with E-state index in [0.717, 1.165) is 23.1 Å². The molecular weight excluding hydrogens is 370 g/mol. The average Bonchev–Trinajstić information content (AvgIpc) is 2.73. The molecule has 0 saturated carbocycles. The molecule has 0 fully saturated rings. The number of hydrogen-bond acceptors (Lipinski definition) is 3. The van der Waals surface area contributed by atoms with Crippen molar-refractivity contribution in [3.05, 3.63) is 69.9 Å². The van der Waals surface area contributed by atoms with E-state index in [4.69, 9.17) is 16.3 Å². The second-order valence-electron chi connectivity index (χ2n) is 6.26. The fraction of sp³-hybridized carbons (Fsp3) is 0.250. The molecule has 0 aromatic heterocycles. The molecule has 0 N–H and O–H groups in total. The van der Waals surface area contributed by atoms with Crippen molar-refractivity contribution in [3.63, 3.8) is 0 Å². The number of fused-ring (bicyclic) bond motifs is 1. The number of benzene rings is 2. The first-order valence-corrected chi connectivity index (χ1v) is 10.3. The van der Waals surface area contributed by atoms with E-state index in [-0.39, 0.29) is 10.8 Å². The van der Waals surface area contributed by atoms with E-state index in [1.165, 1.54) is 0 Å². The van der Waals surface area contributed by atoms with Gasteiger partial charge in [0, 0.05) is 11.4 Å². The minimum absolute atomic E-state index is 0.154. The van der Waals surface area contributed by atoms with Gasteiger partial charge in [-0.05, 0) is 54.8 Å². The third-order valence-corrected chi connectivity index (χ3v) is 5.60. The first kappa shape index (κ1) is 18.7. The Morgan fingerprint density at radius 3 is 2.58 bits per heavy atom. The number of rotatable bonds is 4. The van der Waals surface area contributed by atoms with Gasteiger partial charge in [0.25, 0.3) is 10.0 Å². The highest BCUT2D eigenvalue weighted by atomic mass is 35.5. The van der Waals surface area contributed by atoms with Crippen LogP contribution < -0.4 is 0 Å². The third-order valence-electron chi connectivity index (χ3n) is 4.05. The zero-order valence-electron chi connectivity index (χ0n) is 14.7. The van der Waals surface area contributed by atoms with E-state index in [0.29, 0.717) is 23.6 Å². The van der Waals surface area contributed by atoms with Crippen LogP contribution in [0.4, 0.5) is 0 Å². The maximum Gasteiger partial charge on any atom is 0.285 e. The molecule has 0 atom stereocenters. The van der Waals surface area contributed by atoms with Crippen LogP contribution in [0, 0.1) is 6.92 Å². The van der Waals surface area contributed by atoms with Gasteiger partial charge in [0.05, 0.1) is 11.3 Å². The lowest BCUT2D eigenvalue weighted by Gasteiger charge is -2.09. The van der Waals surface area contributed by atoms with E-state index in [1.807, 2.05) is 32.1 Å². The summed E-state index contributed by atoms with van der Waals surface area (Å²) in [4.78, 5) is 0.154. The van der Waals surface area contributed by atoms with Crippen molar-refractivity contribution in [2.75, 3.05) is 0 Å². The van der Waals surface area contributed by atoms with Crippen LogP contribution in [0.2, 0.25) is 5.02 Å². The lowest BCUT2D eigenvalue weighted by atomic mass is 10.0. The number of halogens is 1. The average molecular weight is 390 g/mol. The van der Waals surface area contributed by atoms with Crippen LogP contribution >= 0.6 is 11.6 Å². The lowest BCUT2D eigenvalue weighted by molar-refractivity contribution is 0.391. The van der Waals surface area contributed by atoms with Gasteiger partial charge in [0.1, 0.15) is 5.76 Å². The van der Waals surface area contributed by atoms with E-state index in [2.05, 4.69) is 4.40 Å². The van der Waals surface area contributed by atoms with Crippen LogP contribution in [0.3, 0.4) is 0 Å². The molecule has 1 aliphatic rings. The van der Waals surface area contributed by atoms with Crippen molar-refractivity contribution in [3.8, 4) is 0 Å². The van der Waals surface area contributed by atoms with Crippen molar-refractivity contribution in [1.82, 2.24) is 0 Å². The van der Waals surface area contributed by atoms with Gasteiger partial charge in [-0.2, -0.15) is 8.42 Å². The molecule has 136 valence electrons. The van der Waals surface area contributed by atoms with E-state index < -0.39 is 10.0 Å². The molecule has 0 amide bonds. The van der Waals surface area contributed by atoms with Gasteiger partial charge < -0.3 is 4.74 Å². The molecule has 0 saturated heterocycles. The van der Waals surface area contributed by atoms with Gasteiger partial charge in [0.2, 0.25) is 5.90 Å². The van der Waals surface area contributed by atoms with Gasteiger partial charge in [-0.3, -0.25) is 0 Å². The van der Waals surface area contributed by atoms with Gasteiger partial charge in [-0.15, -0.1) is 4.40 Å². The van der Waals surface area contributed by atoms with Crippen LogP contribution in [0.15, 0.2) is 57.5 Å². The highest BCUT2D eigenvalue weighted by molar-refractivity contribution is 7.90. The first-order valence-electron chi connectivity index (χ1n) is 8.45. The molecule has 0 radical (unpaired) electrons. The summed E-state index contributed by atoms with van der Waals surface area (Å²) in [5.41, 5.74) is 2.85. The summed E-state index contributed by atoms with van der Waals surface area (Å²) >= 11 is 6.09. The number of allylic oxidation sites excluding steroid dienone is 1. The van der Waals surface area contributed by atoms with Crippen LogP contribution in [0.1, 0.15) is 36.5 Å². The number of sulfonamides is 1. The minimum Gasteiger partial charge on any atom is -0.446 e. The molecule has 1 heterocycles. The van der Waals surface area contributed by atoms with Crippen LogP contribution in [-0.2, 0) is 21.2 Å². The Balaban J connectivity index is 2.01. The Morgan fingerprint density at radius 1 is 1.15 bits per heavy atom. The second kappa shape index (κ2) is 7.64. The Kier molecular flexibility index (Phi) is 5.49. The van der Waals surface area contributed by atoms with E-state index >= 15 is 0 Å². The van der Waals surface area contributed by atoms with Gasteiger partial charge in [-0.25, -0.2) is 0 Å². The van der Waals surface area contributed by atoms with E-state index in [9.17, 15) is 8.42 Å². The van der Waals surface area contributed by atoms with Crippen molar-refractivity contribution >= 4 is 33.6 Å². The predicted molar refractivity (Wildman–Crippen MR) is 105 cm³/mol. The molecule has 4 nitrogen and oxygen atoms in total. The number of hydrogen-bond donors (Lipinski definition) is 0. The smallest absolute Gasteiger partial charge is 0.285 e. The Morgan fingerprint density at radius 2 is 1.88 bits per heavy atom. The normalized spacial score (nSPS) is 15.8. The number of nitrogens with zero attached hydrogens (tertiary/aromatic N) is 1. The highest BCUT2D eigenvalue weighted by Gasteiger charge is 2.20. The van der Waals surface area contributed by atoms with Crippen LogP contribution in [-0.4, -0.2) is 14.3 Å². The molecule has 0 spiro atoms.